The molecule has 0 aliphatic carbocycles. The van der Waals surface area contributed by atoms with Crippen LogP contribution in [-0.4, -0.2) is 84.5 Å². The van der Waals surface area contributed by atoms with Gasteiger partial charge in [-0.3, -0.25) is 9.36 Å². The van der Waals surface area contributed by atoms with Crippen LogP contribution in [0.1, 0.15) is 24.6 Å². The van der Waals surface area contributed by atoms with E-state index in [0.29, 0.717) is 11.2 Å². The van der Waals surface area contributed by atoms with Crippen LogP contribution in [0, 0.1) is 0 Å². The number of carbonyl (C=O) groups excluding carboxylic acids is 1. The first-order valence-electron chi connectivity index (χ1n) is 11.5. The summed E-state index contributed by atoms with van der Waals surface area (Å²) in [6.45, 7) is 2.76. The maximum absolute atomic E-state index is 12.9. The van der Waals surface area contributed by atoms with Crippen LogP contribution in [0.2, 0.25) is 0 Å². The van der Waals surface area contributed by atoms with Gasteiger partial charge >= 0.3 is 0 Å². The van der Waals surface area contributed by atoms with Crippen molar-refractivity contribution in [2.24, 2.45) is 0 Å². The first kappa shape index (κ1) is 22.7. The molecule has 0 bridgehead atoms. The molecule has 11 nitrogen and oxygen atoms in total. The summed E-state index contributed by atoms with van der Waals surface area (Å²) in [4.78, 5) is 27.5. The van der Waals surface area contributed by atoms with Gasteiger partial charge in [0.1, 0.15) is 24.1 Å². The Morgan fingerprint density at radius 1 is 1.12 bits per heavy atom. The zero-order valence-electron chi connectivity index (χ0n) is 18.7. The smallest absolute Gasteiger partial charge is 0.252 e. The van der Waals surface area contributed by atoms with Crippen molar-refractivity contribution >= 4 is 22.9 Å². The Balaban J connectivity index is 1.16. The van der Waals surface area contributed by atoms with Crippen molar-refractivity contribution in [2.75, 3.05) is 25.4 Å². The molecule has 5 rings (SSSR count). The number of aliphatic hydroxyl groups is 2. The third-order valence-corrected chi connectivity index (χ3v) is 6.65. The van der Waals surface area contributed by atoms with Gasteiger partial charge in [-0.15, -0.1) is 0 Å². The van der Waals surface area contributed by atoms with Crippen LogP contribution >= 0.6 is 0 Å². The largest absolute Gasteiger partial charge is 0.387 e. The second kappa shape index (κ2) is 9.63. The molecule has 4 heterocycles. The average molecular weight is 468 g/mol. The lowest BCUT2D eigenvalue weighted by Crippen LogP contribution is -2.50. The molecule has 34 heavy (non-hydrogen) atoms. The number of likely N-dealkylation sites (tertiary alicyclic amines) is 1. The maximum atomic E-state index is 12.9. The molecule has 4 atom stereocenters. The van der Waals surface area contributed by atoms with Crippen molar-refractivity contribution in [3.63, 3.8) is 0 Å². The first-order chi connectivity index (χ1) is 16.5. The van der Waals surface area contributed by atoms with Gasteiger partial charge in [-0.25, -0.2) is 15.0 Å². The average Bonchev–Trinajstić information content (AvgIpc) is 3.41. The van der Waals surface area contributed by atoms with Crippen LogP contribution in [0.3, 0.4) is 0 Å². The summed E-state index contributed by atoms with van der Waals surface area (Å²) in [6, 6.07) is 10.4. The molecule has 11 heteroatoms. The standard InChI is InChI=1S/C23H29N7O4/c24-20-16-21(26-12-25-20)30(13-27-16)23-18(32)17(31)19(34-23)22(33)28-15-7-10-29(11-8-15)9-6-14-4-2-1-3-5-14/h1-5,12-13,15,17-19,23,31-32H,6-11H2,(H,28,33)(H2,24,25,26)/t17-,18+,19-,23+/m0/s1. The number of nitrogens with one attached hydrogen (secondary N) is 1. The number of fused-ring (bicyclic) bond motifs is 1. The molecule has 2 saturated heterocycles. The molecular weight excluding hydrogens is 438 g/mol. The van der Waals surface area contributed by atoms with Gasteiger partial charge in [0, 0.05) is 25.7 Å². The summed E-state index contributed by atoms with van der Waals surface area (Å²) in [5.74, 6) is -0.239. The van der Waals surface area contributed by atoms with Crippen LogP contribution in [0.5, 0.6) is 0 Å². The number of nitrogen functional groups attached to an aromatic ring is 1. The number of rotatable bonds is 6. The number of nitrogens with two attached hydrogens (primary N) is 1. The van der Waals surface area contributed by atoms with Crippen molar-refractivity contribution in [3.05, 3.63) is 48.5 Å². The number of benzene rings is 1. The highest BCUT2D eigenvalue weighted by Crippen LogP contribution is 2.32. The maximum Gasteiger partial charge on any atom is 0.252 e. The fraction of sp³-hybridized carbons (Fsp3) is 0.478. The van der Waals surface area contributed by atoms with Crippen LogP contribution < -0.4 is 11.1 Å². The number of hydrogen-bond acceptors (Lipinski definition) is 9. The van der Waals surface area contributed by atoms with E-state index in [1.807, 2.05) is 6.07 Å². The van der Waals surface area contributed by atoms with Gasteiger partial charge in [0.15, 0.2) is 23.8 Å². The van der Waals surface area contributed by atoms with E-state index in [2.05, 4.69) is 49.4 Å². The van der Waals surface area contributed by atoms with Crippen molar-refractivity contribution in [2.45, 2.75) is 49.8 Å². The molecule has 2 aromatic heterocycles. The lowest BCUT2D eigenvalue weighted by molar-refractivity contribution is -0.138. The van der Waals surface area contributed by atoms with E-state index in [4.69, 9.17) is 10.5 Å². The van der Waals surface area contributed by atoms with Gasteiger partial charge in [-0.1, -0.05) is 30.3 Å². The number of aromatic nitrogens is 4. The molecule has 1 aromatic carbocycles. The summed E-state index contributed by atoms with van der Waals surface area (Å²) in [5, 5.41) is 24.1. The number of aliphatic hydroxyl groups excluding tert-OH is 2. The number of imidazole rings is 1. The minimum atomic E-state index is -1.38. The van der Waals surface area contributed by atoms with E-state index in [9.17, 15) is 15.0 Å². The third kappa shape index (κ3) is 4.47. The third-order valence-electron chi connectivity index (χ3n) is 6.65. The monoisotopic (exact) mass is 467 g/mol. The van der Waals surface area contributed by atoms with Crippen LogP contribution in [0.4, 0.5) is 5.82 Å². The Hall–Kier alpha value is -3.12. The van der Waals surface area contributed by atoms with E-state index in [0.717, 1.165) is 38.9 Å². The fourth-order valence-corrected chi connectivity index (χ4v) is 4.68. The summed E-state index contributed by atoms with van der Waals surface area (Å²) in [7, 11) is 0. The number of carbonyl (C=O) groups is 1. The molecule has 1 amide bonds. The van der Waals surface area contributed by atoms with Gasteiger partial charge in [-0.2, -0.15) is 0 Å². The van der Waals surface area contributed by atoms with E-state index in [1.165, 1.54) is 22.8 Å². The Morgan fingerprint density at radius 3 is 2.65 bits per heavy atom. The normalized spacial score (nSPS) is 26.2. The molecule has 2 fully saturated rings. The number of anilines is 1. The molecule has 0 unspecified atom stereocenters. The summed E-state index contributed by atoms with van der Waals surface area (Å²) < 4.78 is 7.25. The van der Waals surface area contributed by atoms with Gasteiger partial charge in [0.2, 0.25) is 0 Å². The number of ether oxygens (including phenoxy) is 1. The fourth-order valence-electron chi connectivity index (χ4n) is 4.68. The molecule has 3 aromatic rings. The van der Waals surface area contributed by atoms with Gasteiger partial charge in [-0.05, 0) is 24.8 Å². The molecule has 0 spiro atoms. The van der Waals surface area contributed by atoms with Crippen molar-refractivity contribution in [1.29, 1.82) is 0 Å². The molecule has 2 aliphatic rings. The van der Waals surface area contributed by atoms with E-state index < -0.39 is 30.4 Å². The summed E-state index contributed by atoms with van der Waals surface area (Å²) in [6.07, 6.45) is 0.384. The molecule has 180 valence electrons. The Bertz CT molecular complexity index is 1130. The predicted octanol–water partition coefficient (Wildman–Crippen LogP) is -0.149. The van der Waals surface area contributed by atoms with E-state index >= 15 is 0 Å². The minimum Gasteiger partial charge on any atom is -0.387 e. The number of piperidine rings is 1. The Kier molecular flexibility index (Phi) is 6.42. The van der Waals surface area contributed by atoms with Gasteiger partial charge < -0.3 is 30.9 Å². The Labute approximate surface area is 196 Å². The van der Waals surface area contributed by atoms with Crippen LogP contribution in [-0.2, 0) is 16.0 Å². The molecule has 2 aliphatic heterocycles. The SMILES string of the molecule is Nc1ncnc2c1ncn2[C@@H]1O[C@H](C(=O)NC2CCN(CCc3ccccc3)CC2)[C@@H](O)[C@H]1O. The minimum absolute atomic E-state index is 0.00548. The number of nitrogens with zero attached hydrogens (tertiary/aromatic N) is 5. The highest BCUT2D eigenvalue weighted by Gasteiger charge is 2.48. The van der Waals surface area contributed by atoms with Gasteiger partial charge in [0.25, 0.3) is 5.91 Å². The van der Waals surface area contributed by atoms with E-state index in [1.54, 1.807) is 0 Å². The lowest BCUT2D eigenvalue weighted by Gasteiger charge is -2.33. The van der Waals surface area contributed by atoms with Crippen molar-refractivity contribution in [3.8, 4) is 0 Å². The van der Waals surface area contributed by atoms with Crippen molar-refractivity contribution < 1.29 is 19.7 Å². The zero-order chi connectivity index (χ0) is 23.7. The Morgan fingerprint density at radius 2 is 1.88 bits per heavy atom. The van der Waals surface area contributed by atoms with Crippen LogP contribution in [0.15, 0.2) is 43.0 Å². The van der Waals surface area contributed by atoms with E-state index in [-0.39, 0.29) is 11.9 Å². The highest BCUT2D eigenvalue weighted by atomic mass is 16.6. The first-order valence-corrected chi connectivity index (χ1v) is 11.5. The lowest BCUT2D eigenvalue weighted by atomic mass is 10.0. The molecular formula is C23H29N7O4. The summed E-state index contributed by atoms with van der Waals surface area (Å²) in [5.41, 5.74) is 7.85. The predicted molar refractivity (Wildman–Crippen MR) is 123 cm³/mol. The topological polar surface area (TPSA) is 152 Å². The quantitative estimate of drug-likeness (QED) is 0.388. The number of hydrogen-bond donors (Lipinski definition) is 4. The number of amides is 1. The second-order valence-electron chi connectivity index (χ2n) is 8.87. The second-order valence-corrected chi connectivity index (χ2v) is 8.87. The van der Waals surface area contributed by atoms with Crippen molar-refractivity contribution in [1.82, 2.24) is 29.7 Å². The summed E-state index contributed by atoms with van der Waals surface area (Å²) >= 11 is 0. The highest BCUT2D eigenvalue weighted by molar-refractivity contribution is 5.83. The molecule has 0 radical (unpaired) electrons. The molecule has 0 saturated carbocycles. The van der Waals surface area contributed by atoms with Crippen LogP contribution in [0.25, 0.3) is 11.2 Å². The van der Waals surface area contributed by atoms with Gasteiger partial charge in [0.05, 0.1) is 6.33 Å². The molecule has 5 N–H and O–H groups in total. The zero-order valence-corrected chi connectivity index (χ0v) is 18.7.